The van der Waals surface area contributed by atoms with Gasteiger partial charge in [0.25, 0.3) is 5.91 Å². The van der Waals surface area contributed by atoms with Gasteiger partial charge in [0, 0.05) is 6.54 Å². The van der Waals surface area contributed by atoms with Gasteiger partial charge in [0.2, 0.25) is 17.6 Å². The van der Waals surface area contributed by atoms with E-state index >= 15 is 0 Å². The molecule has 2 saturated carbocycles. The van der Waals surface area contributed by atoms with Crippen molar-refractivity contribution in [2.24, 2.45) is 28.6 Å². The van der Waals surface area contributed by atoms with E-state index in [0.717, 1.165) is 25.7 Å². The Hall–Kier alpha value is -3.64. The lowest BCUT2D eigenvalue weighted by molar-refractivity contribution is -0.140. The Bertz CT molecular complexity index is 1130. The molecule has 2 fully saturated rings. The molecule has 5 amide bonds. The zero-order valence-electron chi connectivity index (χ0n) is 28.7. The van der Waals surface area contributed by atoms with Crippen molar-refractivity contribution in [3.8, 4) is 0 Å². The molecular weight excluding hydrogens is 594 g/mol. The molecule has 0 spiro atoms. The standard InChI is InChI=1S/C33H55N5O8/c1-10-14-21(25(39)28(41)34-17-11-2)35-27(40)24(23-20(12-3)33(23,7)8)37-29(42)26(32(4,5)6)38-30(43)36-22(19-15-13-16-19)18-46-31(44)45-9/h11,19-24,26H,2,10,12-18H2,1,3-9H3,(H,34,41)(H,35,40)(H,37,42)(H2,36,38,43)/t20-,21?,22+,23-,24?,26+/m0/s1. The largest absolute Gasteiger partial charge is 0.508 e. The Kier molecular flexibility index (Phi) is 14.1. The van der Waals surface area contributed by atoms with Gasteiger partial charge in [-0.05, 0) is 47.8 Å². The van der Waals surface area contributed by atoms with Crippen LogP contribution in [0.4, 0.5) is 9.59 Å². The van der Waals surface area contributed by atoms with Gasteiger partial charge in [-0.1, -0.05) is 73.8 Å². The Morgan fingerprint density at radius 1 is 0.978 bits per heavy atom. The maximum Gasteiger partial charge on any atom is 0.508 e. The molecule has 0 radical (unpaired) electrons. The number of hydrogen-bond acceptors (Lipinski definition) is 8. The first kappa shape index (κ1) is 38.5. The third-order valence-electron chi connectivity index (χ3n) is 9.35. The molecule has 13 heteroatoms. The van der Waals surface area contributed by atoms with Crippen molar-refractivity contribution in [2.45, 2.75) is 111 Å². The van der Waals surface area contributed by atoms with Gasteiger partial charge in [0.1, 0.15) is 18.7 Å². The van der Waals surface area contributed by atoms with Crippen molar-refractivity contribution in [1.29, 1.82) is 0 Å². The highest BCUT2D eigenvalue weighted by Gasteiger charge is 2.62. The van der Waals surface area contributed by atoms with Crippen LogP contribution in [0.5, 0.6) is 0 Å². The molecule has 6 atom stereocenters. The third-order valence-corrected chi connectivity index (χ3v) is 9.35. The molecule has 13 nitrogen and oxygen atoms in total. The molecule has 260 valence electrons. The SMILES string of the molecule is C=CCNC(=O)C(=O)C(CCC)NC(=O)C(NC(=O)[C@@H](NC(=O)N[C@H](COC(=O)OC)C1CCC1)C(C)(C)C)[C@@H]1[C@H](CC)C1(C)C. The first-order valence-corrected chi connectivity index (χ1v) is 16.3. The number of carbonyl (C=O) groups excluding carboxylic acids is 6. The van der Waals surface area contributed by atoms with Crippen molar-refractivity contribution in [2.75, 3.05) is 20.3 Å². The number of ketones is 1. The van der Waals surface area contributed by atoms with Crippen LogP contribution in [0.3, 0.4) is 0 Å². The zero-order chi connectivity index (χ0) is 34.8. The fourth-order valence-electron chi connectivity index (χ4n) is 6.38. The van der Waals surface area contributed by atoms with Crippen LogP contribution in [-0.2, 0) is 28.7 Å². The number of hydrogen-bond donors (Lipinski definition) is 5. The number of rotatable bonds is 17. The minimum atomic E-state index is -1.07. The second-order valence-electron chi connectivity index (χ2n) is 14.0. The number of nitrogens with one attached hydrogen (secondary N) is 5. The lowest BCUT2D eigenvalue weighted by Crippen LogP contribution is -2.62. The molecule has 0 aliphatic heterocycles. The van der Waals surface area contributed by atoms with Crippen LogP contribution in [0.25, 0.3) is 0 Å². The van der Waals surface area contributed by atoms with Gasteiger partial charge >= 0.3 is 12.2 Å². The molecule has 0 heterocycles. The van der Waals surface area contributed by atoms with Crippen LogP contribution in [0.1, 0.15) is 87.0 Å². The van der Waals surface area contributed by atoms with Gasteiger partial charge in [0.15, 0.2) is 0 Å². The summed E-state index contributed by atoms with van der Waals surface area (Å²) in [7, 11) is 1.20. The minimum Gasteiger partial charge on any atom is -0.438 e. The maximum absolute atomic E-state index is 13.9. The van der Waals surface area contributed by atoms with E-state index in [1.54, 1.807) is 20.8 Å². The zero-order valence-corrected chi connectivity index (χ0v) is 28.7. The van der Waals surface area contributed by atoms with E-state index in [9.17, 15) is 28.8 Å². The number of ether oxygens (including phenoxy) is 2. The molecule has 0 aromatic rings. The summed E-state index contributed by atoms with van der Waals surface area (Å²) in [4.78, 5) is 77.9. The summed E-state index contributed by atoms with van der Waals surface area (Å²) in [5, 5.41) is 13.7. The predicted octanol–water partition coefficient (Wildman–Crippen LogP) is 2.98. The van der Waals surface area contributed by atoms with E-state index in [0.29, 0.717) is 6.42 Å². The summed E-state index contributed by atoms with van der Waals surface area (Å²) in [6, 6.07) is -4.21. The lowest BCUT2D eigenvalue weighted by atomic mass is 9.80. The highest BCUT2D eigenvalue weighted by atomic mass is 16.7. The second kappa shape index (κ2) is 16.8. The molecule has 2 aliphatic rings. The van der Waals surface area contributed by atoms with Gasteiger partial charge in [-0.3, -0.25) is 19.2 Å². The fraction of sp³-hybridized carbons (Fsp3) is 0.758. The lowest BCUT2D eigenvalue weighted by Gasteiger charge is -2.36. The van der Waals surface area contributed by atoms with Gasteiger partial charge in [-0.15, -0.1) is 6.58 Å². The molecule has 5 N–H and O–H groups in total. The molecule has 0 aromatic carbocycles. The van der Waals surface area contributed by atoms with E-state index < -0.39 is 65.3 Å². The first-order valence-electron chi connectivity index (χ1n) is 16.3. The fourth-order valence-corrected chi connectivity index (χ4v) is 6.38. The normalized spacial score (nSPS) is 21.1. The topological polar surface area (TPSA) is 181 Å². The van der Waals surface area contributed by atoms with E-state index in [2.05, 4.69) is 37.9 Å². The van der Waals surface area contributed by atoms with Crippen LogP contribution in [-0.4, -0.2) is 80.1 Å². The van der Waals surface area contributed by atoms with E-state index in [1.165, 1.54) is 13.2 Å². The van der Waals surface area contributed by atoms with E-state index in [-0.39, 0.29) is 42.7 Å². The summed E-state index contributed by atoms with van der Waals surface area (Å²) < 4.78 is 9.65. The third kappa shape index (κ3) is 10.2. The van der Waals surface area contributed by atoms with E-state index in [1.807, 2.05) is 27.7 Å². The Morgan fingerprint density at radius 3 is 2.11 bits per heavy atom. The van der Waals surface area contributed by atoms with Gasteiger partial charge in [-0.2, -0.15) is 0 Å². The van der Waals surface area contributed by atoms with Crippen LogP contribution in [0, 0.1) is 28.6 Å². The number of amides is 5. The average Bonchev–Trinajstić information content (AvgIpc) is 3.52. The summed E-state index contributed by atoms with van der Waals surface area (Å²) in [6.45, 7) is 16.9. The predicted molar refractivity (Wildman–Crippen MR) is 172 cm³/mol. The summed E-state index contributed by atoms with van der Waals surface area (Å²) in [5.74, 6) is -2.71. The summed E-state index contributed by atoms with van der Waals surface area (Å²) in [5.41, 5.74) is -1.03. The molecule has 0 bridgehead atoms. The van der Waals surface area contributed by atoms with Crippen molar-refractivity contribution in [3.05, 3.63) is 12.7 Å². The number of urea groups is 1. The second-order valence-corrected chi connectivity index (χ2v) is 14.0. The summed E-state index contributed by atoms with van der Waals surface area (Å²) >= 11 is 0. The van der Waals surface area contributed by atoms with Crippen LogP contribution in [0.15, 0.2) is 12.7 Å². The molecule has 2 unspecified atom stereocenters. The van der Waals surface area contributed by atoms with Crippen molar-refractivity contribution >= 4 is 35.7 Å². The number of carbonyl (C=O) groups is 6. The molecule has 0 aromatic heterocycles. The summed E-state index contributed by atoms with van der Waals surface area (Å²) in [6.07, 6.45) is 4.88. The van der Waals surface area contributed by atoms with Crippen LogP contribution < -0.4 is 26.6 Å². The van der Waals surface area contributed by atoms with Crippen LogP contribution >= 0.6 is 0 Å². The monoisotopic (exact) mass is 649 g/mol. The Morgan fingerprint density at radius 2 is 1.63 bits per heavy atom. The number of methoxy groups -OCH3 is 1. The maximum atomic E-state index is 13.9. The highest BCUT2D eigenvalue weighted by Crippen LogP contribution is 2.61. The van der Waals surface area contributed by atoms with Crippen molar-refractivity contribution < 1.29 is 38.2 Å². The Labute approximate surface area is 273 Å². The van der Waals surface area contributed by atoms with Crippen molar-refractivity contribution in [1.82, 2.24) is 26.6 Å². The molecule has 2 aliphatic carbocycles. The minimum absolute atomic E-state index is 0.0716. The van der Waals surface area contributed by atoms with Crippen LogP contribution in [0.2, 0.25) is 0 Å². The molecule has 46 heavy (non-hydrogen) atoms. The highest BCUT2D eigenvalue weighted by molar-refractivity contribution is 6.38. The smallest absolute Gasteiger partial charge is 0.438 e. The first-order chi connectivity index (χ1) is 21.5. The average molecular weight is 650 g/mol. The quantitative estimate of drug-likeness (QED) is 0.0906. The van der Waals surface area contributed by atoms with Gasteiger partial charge < -0.3 is 36.1 Å². The van der Waals surface area contributed by atoms with Gasteiger partial charge in [-0.25, -0.2) is 9.59 Å². The molecule has 2 rings (SSSR count). The number of Topliss-reactive ketones (excluding diaryl/α,β-unsaturated/α-hetero) is 1. The van der Waals surface area contributed by atoms with Gasteiger partial charge in [0.05, 0.1) is 19.2 Å². The molecule has 0 saturated heterocycles. The van der Waals surface area contributed by atoms with E-state index in [4.69, 9.17) is 4.74 Å². The van der Waals surface area contributed by atoms with Crippen molar-refractivity contribution in [3.63, 3.8) is 0 Å². The Balaban J connectivity index is 2.26. The molecular formula is C33H55N5O8.